The third-order valence-corrected chi connectivity index (χ3v) is 7.59. The van der Waals surface area contributed by atoms with E-state index in [0.29, 0.717) is 28.5 Å². The summed E-state index contributed by atoms with van der Waals surface area (Å²) < 4.78 is 42.0. The van der Waals surface area contributed by atoms with Crippen LogP contribution in [0.4, 0.5) is 0 Å². The maximum Gasteiger partial charge on any atom is 0.266 e. The van der Waals surface area contributed by atoms with Gasteiger partial charge in [0.25, 0.3) is 15.6 Å². The molecule has 13 heteroatoms. The molecule has 4 aromatic rings. The Morgan fingerprint density at radius 3 is 2.24 bits per heavy atom. The molecule has 0 radical (unpaired) electrons. The van der Waals surface area contributed by atoms with E-state index in [1.54, 1.807) is 54.6 Å². The van der Waals surface area contributed by atoms with Crippen molar-refractivity contribution in [3.63, 3.8) is 0 Å². The highest BCUT2D eigenvalue weighted by molar-refractivity contribution is 7.99. The quantitative estimate of drug-likeness (QED) is 0.171. The first kappa shape index (κ1) is 27.0. The Hall–Kier alpha value is -4.07. The number of sulfonamides is 1. The fourth-order valence-corrected chi connectivity index (χ4v) is 5.19. The molecule has 2 N–H and O–H groups in total. The van der Waals surface area contributed by atoms with E-state index in [1.165, 1.54) is 38.0 Å². The number of fused-ring (bicyclic) bond motifs is 1. The lowest BCUT2D eigenvalue weighted by Crippen LogP contribution is -2.42. The monoisotopic (exact) mass is 556 g/mol. The van der Waals surface area contributed by atoms with Gasteiger partial charge in [-0.2, -0.15) is 0 Å². The van der Waals surface area contributed by atoms with Gasteiger partial charge in [0, 0.05) is 6.07 Å². The second kappa shape index (κ2) is 11.5. The van der Waals surface area contributed by atoms with Gasteiger partial charge in [-0.05, 0) is 42.5 Å². The molecule has 0 aliphatic rings. The molecule has 0 atom stereocenters. The first-order valence-corrected chi connectivity index (χ1v) is 13.6. The lowest BCUT2D eigenvalue weighted by Gasteiger charge is -2.15. The molecule has 4 rings (SSSR count). The number of amides is 1. The SMILES string of the molecule is COc1ccc(-n2c(SCC(=O)NNS(=O)(=O)c3ccccc3)nc3cc(OC)c(OC)cc3c2=O)cc1. The molecule has 0 fully saturated rings. The van der Waals surface area contributed by atoms with Gasteiger partial charge in [0.1, 0.15) is 5.75 Å². The van der Waals surface area contributed by atoms with Crippen molar-refractivity contribution in [2.24, 2.45) is 0 Å². The van der Waals surface area contributed by atoms with Gasteiger partial charge in [0.2, 0.25) is 5.91 Å². The zero-order chi connectivity index (χ0) is 27.3. The molecular formula is C25H24N4O7S2. The van der Waals surface area contributed by atoms with E-state index in [4.69, 9.17) is 14.2 Å². The number of carbonyl (C=O) groups is 1. The number of rotatable bonds is 10. The summed E-state index contributed by atoms with van der Waals surface area (Å²) in [5.41, 5.74) is 2.62. The summed E-state index contributed by atoms with van der Waals surface area (Å²) in [6, 6.07) is 17.5. The van der Waals surface area contributed by atoms with Crippen LogP contribution in [-0.2, 0) is 14.8 Å². The number of hydrogen-bond acceptors (Lipinski definition) is 9. The molecule has 11 nitrogen and oxygen atoms in total. The third kappa shape index (κ3) is 5.74. The van der Waals surface area contributed by atoms with Gasteiger partial charge in [0.15, 0.2) is 16.7 Å². The molecule has 0 saturated carbocycles. The van der Waals surface area contributed by atoms with Crippen LogP contribution in [0.1, 0.15) is 0 Å². The molecule has 0 aliphatic heterocycles. The van der Waals surface area contributed by atoms with Crippen molar-refractivity contribution >= 4 is 38.6 Å². The van der Waals surface area contributed by atoms with Crippen LogP contribution in [0.2, 0.25) is 0 Å². The van der Waals surface area contributed by atoms with E-state index in [9.17, 15) is 18.0 Å². The first-order valence-electron chi connectivity index (χ1n) is 11.1. The van der Waals surface area contributed by atoms with Gasteiger partial charge < -0.3 is 14.2 Å². The number of thioether (sulfide) groups is 1. The number of carbonyl (C=O) groups excluding carboxylic acids is 1. The van der Waals surface area contributed by atoms with Crippen molar-refractivity contribution in [3.05, 3.63) is 77.1 Å². The predicted molar refractivity (Wildman–Crippen MR) is 143 cm³/mol. The van der Waals surface area contributed by atoms with Crippen molar-refractivity contribution in [2.75, 3.05) is 27.1 Å². The molecule has 198 valence electrons. The number of nitrogens with one attached hydrogen (secondary N) is 2. The van der Waals surface area contributed by atoms with Gasteiger partial charge in [-0.15, -0.1) is 4.83 Å². The maximum absolute atomic E-state index is 13.6. The molecule has 0 unspecified atom stereocenters. The van der Waals surface area contributed by atoms with Gasteiger partial charge in [-0.3, -0.25) is 19.6 Å². The fraction of sp³-hybridized carbons (Fsp3) is 0.160. The summed E-state index contributed by atoms with van der Waals surface area (Å²) in [7, 11) is 0.524. The van der Waals surface area contributed by atoms with Crippen LogP contribution in [0.15, 0.2) is 81.6 Å². The molecule has 0 bridgehead atoms. The Labute approximate surface area is 222 Å². The summed E-state index contributed by atoms with van der Waals surface area (Å²) in [6.45, 7) is 0. The molecule has 1 aromatic heterocycles. The van der Waals surface area contributed by atoms with Crippen molar-refractivity contribution < 1.29 is 27.4 Å². The van der Waals surface area contributed by atoms with Crippen LogP contribution < -0.4 is 30.0 Å². The van der Waals surface area contributed by atoms with Crippen LogP contribution in [0.25, 0.3) is 16.6 Å². The Morgan fingerprint density at radius 2 is 1.61 bits per heavy atom. The lowest BCUT2D eigenvalue weighted by molar-refractivity contribution is -0.119. The zero-order valence-corrected chi connectivity index (χ0v) is 22.3. The Morgan fingerprint density at radius 1 is 0.947 bits per heavy atom. The van der Waals surface area contributed by atoms with Crippen molar-refractivity contribution in [1.29, 1.82) is 0 Å². The normalized spacial score (nSPS) is 11.2. The maximum atomic E-state index is 13.6. The van der Waals surface area contributed by atoms with Gasteiger partial charge in [-0.1, -0.05) is 30.0 Å². The van der Waals surface area contributed by atoms with Crippen LogP contribution in [0, 0.1) is 0 Å². The topological polar surface area (TPSA) is 138 Å². The smallest absolute Gasteiger partial charge is 0.266 e. The van der Waals surface area contributed by atoms with E-state index >= 15 is 0 Å². The second-order valence-electron chi connectivity index (χ2n) is 7.71. The highest BCUT2D eigenvalue weighted by Gasteiger charge is 2.19. The molecular weight excluding hydrogens is 532 g/mol. The van der Waals surface area contributed by atoms with E-state index < -0.39 is 21.5 Å². The number of methoxy groups -OCH3 is 3. The minimum Gasteiger partial charge on any atom is -0.497 e. The van der Waals surface area contributed by atoms with E-state index in [1.807, 2.05) is 0 Å². The van der Waals surface area contributed by atoms with E-state index in [0.717, 1.165) is 11.8 Å². The molecule has 1 heterocycles. The Kier molecular flexibility index (Phi) is 8.20. The number of hydrazine groups is 1. The fourth-order valence-electron chi connectivity index (χ4n) is 3.50. The average Bonchev–Trinajstić information content (AvgIpc) is 2.95. The minimum atomic E-state index is -3.95. The average molecular weight is 557 g/mol. The van der Waals surface area contributed by atoms with Gasteiger partial charge in [-0.25, -0.2) is 13.4 Å². The molecule has 0 saturated heterocycles. The van der Waals surface area contributed by atoms with Crippen LogP contribution >= 0.6 is 11.8 Å². The number of nitrogens with zero attached hydrogens (tertiary/aromatic N) is 2. The summed E-state index contributed by atoms with van der Waals surface area (Å²) in [5.74, 6) is 0.473. The molecule has 0 aliphatic carbocycles. The van der Waals surface area contributed by atoms with E-state index in [-0.39, 0.29) is 21.2 Å². The highest BCUT2D eigenvalue weighted by atomic mass is 32.2. The minimum absolute atomic E-state index is 0.00173. The molecule has 0 spiro atoms. The molecule has 3 aromatic carbocycles. The van der Waals surface area contributed by atoms with Crippen LogP contribution in [0.3, 0.4) is 0 Å². The zero-order valence-electron chi connectivity index (χ0n) is 20.6. The Bertz CT molecular complexity index is 1620. The standard InChI is InChI=1S/C25H24N4O7S2/c1-34-17-11-9-16(10-12-17)29-24(31)19-13-21(35-2)22(36-3)14-20(19)26-25(29)37-15-23(30)27-28-38(32,33)18-7-5-4-6-8-18/h4-14,28H,15H2,1-3H3,(H,27,30). The van der Waals surface area contributed by atoms with Crippen LogP contribution in [0.5, 0.6) is 17.2 Å². The largest absolute Gasteiger partial charge is 0.497 e. The first-order chi connectivity index (χ1) is 18.3. The number of ether oxygens (including phenoxy) is 3. The summed E-state index contributed by atoms with van der Waals surface area (Å²) in [6.07, 6.45) is 0. The summed E-state index contributed by atoms with van der Waals surface area (Å²) >= 11 is 0.960. The third-order valence-electron chi connectivity index (χ3n) is 5.38. The van der Waals surface area contributed by atoms with E-state index in [2.05, 4.69) is 15.2 Å². The second-order valence-corrected chi connectivity index (χ2v) is 10.3. The summed E-state index contributed by atoms with van der Waals surface area (Å²) in [5, 5.41) is 0.490. The predicted octanol–water partition coefficient (Wildman–Crippen LogP) is 2.51. The van der Waals surface area contributed by atoms with Crippen LogP contribution in [-0.4, -0.2) is 51.0 Å². The molecule has 1 amide bonds. The summed E-state index contributed by atoms with van der Waals surface area (Å²) in [4.78, 5) is 32.8. The van der Waals surface area contributed by atoms with Crippen molar-refractivity contribution in [1.82, 2.24) is 19.8 Å². The highest BCUT2D eigenvalue weighted by Crippen LogP contribution is 2.31. The lowest BCUT2D eigenvalue weighted by atomic mass is 10.2. The number of aromatic nitrogens is 2. The van der Waals surface area contributed by atoms with Gasteiger partial charge in [0.05, 0.1) is 48.6 Å². The number of benzene rings is 3. The molecule has 38 heavy (non-hydrogen) atoms. The Balaban J connectivity index is 1.66. The van der Waals surface area contributed by atoms with Crippen molar-refractivity contribution in [2.45, 2.75) is 10.1 Å². The van der Waals surface area contributed by atoms with Gasteiger partial charge >= 0.3 is 0 Å². The van der Waals surface area contributed by atoms with Crippen molar-refractivity contribution in [3.8, 4) is 22.9 Å². The number of hydrogen-bond donors (Lipinski definition) is 2.